The monoisotopic (exact) mass is 433 g/mol. The van der Waals surface area contributed by atoms with Gasteiger partial charge in [0.25, 0.3) is 5.69 Å². The predicted molar refractivity (Wildman–Crippen MR) is 85.0 cm³/mol. The minimum absolute atomic E-state index is 0.0898. The van der Waals surface area contributed by atoms with Crippen molar-refractivity contribution in [2.24, 2.45) is 0 Å². The fraction of sp³-hybridized carbons (Fsp3) is 0.0769. The first-order chi connectivity index (χ1) is 9.11. The molecule has 0 bridgehead atoms. The normalized spacial score (nSPS) is 10.2. The van der Waals surface area contributed by atoms with Crippen molar-refractivity contribution >= 4 is 44.2 Å². The first kappa shape index (κ1) is 14.3. The second kappa shape index (κ2) is 6.33. The summed E-state index contributed by atoms with van der Waals surface area (Å²) in [7, 11) is 0. The summed E-state index contributed by atoms with van der Waals surface area (Å²) in [5.74, 6) is 1.32. The van der Waals surface area contributed by atoms with E-state index in [4.69, 9.17) is 4.74 Å². The Kier molecular flexibility index (Phi) is 4.76. The highest BCUT2D eigenvalue weighted by Crippen LogP contribution is 2.30. The molecule has 98 valence electrons. The van der Waals surface area contributed by atoms with E-state index in [0.29, 0.717) is 16.6 Å². The van der Waals surface area contributed by atoms with Gasteiger partial charge in [0.2, 0.25) is 0 Å². The number of rotatable bonds is 4. The van der Waals surface area contributed by atoms with Crippen LogP contribution in [0.2, 0.25) is 0 Å². The number of hydrogen-bond donors (Lipinski definition) is 0. The molecule has 0 spiro atoms. The van der Waals surface area contributed by atoms with Gasteiger partial charge in [-0.3, -0.25) is 10.1 Å². The molecule has 0 radical (unpaired) electrons. The molecule has 0 aliphatic rings. The maximum absolute atomic E-state index is 10.8. The topological polar surface area (TPSA) is 52.4 Å². The van der Waals surface area contributed by atoms with Crippen molar-refractivity contribution in [1.29, 1.82) is 0 Å². The van der Waals surface area contributed by atoms with Gasteiger partial charge in [-0.25, -0.2) is 0 Å². The maximum atomic E-state index is 10.8. The summed E-state index contributed by atoms with van der Waals surface area (Å²) >= 11 is 5.43. The van der Waals surface area contributed by atoms with Gasteiger partial charge in [0.15, 0.2) is 0 Å². The summed E-state index contributed by atoms with van der Waals surface area (Å²) in [6, 6.07) is 12.3. The van der Waals surface area contributed by atoms with Crippen LogP contribution in [-0.4, -0.2) is 4.92 Å². The van der Waals surface area contributed by atoms with Gasteiger partial charge in [-0.1, -0.05) is 28.1 Å². The van der Waals surface area contributed by atoms with Crippen molar-refractivity contribution in [3.63, 3.8) is 0 Å². The molecule has 0 amide bonds. The lowest BCUT2D eigenvalue weighted by Crippen LogP contribution is -1.94. The minimum atomic E-state index is -0.396. The zero-order valence-corrected chi connectivity index (χ0v) is 13.4. The molecule has 0 aromatic heterocycles. The lowest BCUT2D eigenvalue weighted by Gasteiger charge is -2.08. The molecule has 0 saturated carbocycles. The first-order valence-electron chi connectivity index (χ1n) is 5.37. The standard InChI is InChI=1S/C13H9BrINO3/c14-8-9-7-10(5-6-12(9)16(17)18)19-13-4-2-1-3-11(13)15/h1-7H,8H2. The maximum Gasteiger partial charge on any atom is 0.273 e. The Morgan fingerprint density at radius 1 is 1.26 bits per heavy atom. The van der Waals surface area contributed by atoms with Crippen molar-refractivity contribution in [3.05, 3.63) is 61.7 Å². The van der Waals surface area contributed by atoms with Crippen LogP contribution >= 0.6 is 38.5 Å². The van der Waals surface area contributed by atoms with Gasteiger partial charge in [-0.05, 0) is 46.9 Å². The molecule has 0 atom stereocenters. The molecule has 2 aromatic carbocycles. The second-order valence-corrected chi connectivity index (χ2v) is 5.44. The Morgan fingerprint density at radius 3 is 2.63 bits per heavy atom. The van der Waals surface area contributed by atoms with E-state index >= 15 is 0 Å². The lowest BCUT2D eigenvalue weighted by atomic mass is 10.2. The van der Waals surface area contributed by atoms with E-state index < -0.39 is 4.92 Å². The molecule has 2 aromatic rings. The summed E-state index contributed by atoms with van der Waals surface area (Å²) in [6.45, 7) is 0. The number of nitro benzene ring substituents is 1. The number of benzene rings is 2. The van der Waals surface area contributed by atoms with Crippen LogP contribution in [-0.2, 0) is 5.33 Å². The van der Waals surface area contributed by atoms with E-state index in [1.54, 1.807) is 12.1 Å². The summed E-state index contributed by atoms with van der Waals surface area (Å²) in [5.41, 5.74) is 0.681. The van der Waals surface area contributed by atoms with Crippen LogP contribution < -0.4 is 4.74 Å². The van der Waals surface area contributed by atoms with E-state index in [1.165, 1.54) is 6.07 Å². The molecule has 6 heteroatoms. The fourth-order valence-corrected chi connectivity index (χ4v) is 2.51. The molecule has 0 fully saturated rings. The highest BCUT2D eigenvalue weighted by molar-refractivity contribution is 14.1. The van der Waals surface area contributed by atoms with E-state index in [-0.39, 0.29) is 5.69 Å². The van der Waals surface area contributed by atoms with E-state index in [2.05, 4.69) is 38.5 Å². The first-order valence-corrected chi connectivity index (χ1v) is 7.57. The summed E-state index contributed by atoms with van der Waals surface area (Å²) in [5, 5.41) is 11.3. The zero-order valence-electron chi connectivity index (χ0n) is 9.68. The summed E-state index contributed by atoms with van der Waals surface area (Å²) in [4.78, 5) is 10.5. The van der Waals surface area contributed by atoms with Gasteiger partial charge in [0.1, 0.15) is 11.5 Å². The summed E-state index contributed by atoms with van der Waals surface area (Å²) in [6.07, 6.45) is 0. The lowest BCUT2D eigenvalue weighted by molar-refractivity contribution is -0.385. The highest BCUT2D eigenvalue weighted by Gasteiger charge is 2.14. The Bertz CT molecular complexity index is 619. The molecule has 0 N–H and O–H groups in total. The van der Waals surface area contributed by atoms with Gasteiger partial charge in [0, 0.05) is 17.0 Å². The van der Waals surface area contributed by atoms with Gasteiger partial charge < -0.3 is 4.74 Å². The molecule has 2 rings (SSSR count). The fourth-order valence-electron chi connectivity index (χ4n) is 1.56. The van der Waals surface area contributed by atoms with Crippen LogP contribution in [0, 0.1) is 13.7 Å². The molecule has 19 heavy (non-hydrogen) atoms. The Balaban J connectivity index is 2.32. The quantitative estimate of drug-likeness (QED) is 0.298. The smallest absolute Gasteiger partial charge is 0.273 e. The predicted octanol–water partition coefficient (Wildman–Crippen LogP) is 4.89. The van der Waals surface area contributed by atoms with Gasteiger partial charge in [0.05, 0.1) is 8.49 Å². The molecule has 0 aliphatic carbocycles. The number of ether oxygens (including phenoxy) is 1. The van der Waals surface area contributed by atoms with Crippen LogP contribution in [0.3, 0.4) is 0 Å². The molecule has 0 saturated heterocycles. The largest absolute Gasteiger partial charge is 0.456 e. The molecule has 0 aliphatic heterocycles. The average Bonchev–Trinajstić information content (AvgIpc) is 2.41. The van der Waals surface area contributed by atoms with E-state index in [0.717, 1.165) is 9.32 Å². The van der Waals surface area contributed by atoms with Crippen molar-refractivity contribution in [3.8, 4) is 11.5 Å². The average molecular weight is 434 g/mol. The van der Waals surface area contributed by atoms with Crippen molar-refractivity contribution in [2.45, 2.75) is 5.33 Å². The number of halogens is 2. The number of nitro groups is 1. The molecule has 4 nitrogen and oxygen atoms in total. The number of alkyl halides is 1. The van der Waals surface area contributed by atoms with Crippen LogP contribution in [0.1, 0.15) is 5.56 Å². The third-order valence-electron chi connectivity index (χ3n) is 2.46. The van der Waals surface area contributed by atoms with Crippen LogP contribution in [0.15, 0.2) is 42.5 Å². The van der Waals surface area contributed by atoms with Crippen LogP contribution in [0.4, 0.5) is 5.69 Å². The van der Waals surface area contributed by atoms with Crippen LogP contribution in [0.5, 0.6) is 11.5 Å². The minimum Gasteiger partial charge on any atom is -0.456 e. The van der Waals surface area contributed by atoms with Crippen molar-refractivity contribution in [1.82, 2.24) is 0 Å². The second-order valence-electron chi connectivity index (χ2n) is 3.71. The van der Waals surface area contributed by atoms with Crippen molar-refractivity contribution < 1.29 is 9.66 Å². The van der Waals surface area contributed by atoms with Crippen molar-refractivity contribution in [2.75, 3.05) is 0 Å². The van der Waals surface area contributed by atoms with Crippen LogP contribution in [0.25, 0.3) is 0 Å². The van der Waals surface area contributed by atoms with Gasteiger partial charge in [-0.15, -0.1) is 0 Å². The highest BCUT2D eigenvalue weighted by atomic mass is 127. The number of nitrogens with zero attached hydrogens (tertiary/aromatic N) is 1. The third kappa shape index (κ3) is 3.44. The molecule has 0 unspecified atom stereocenters. The summed E-state index contributed by atoms with van der Waals surface area (Å²) < 4.78 is 6.72. The molecular weight excluding hydrogens is 425 g/mol. The zero-order chi connectivity index (χ0) is 13.8. The number of para-hydroxylation sites is 1. The van der Waals surface area contributed by atoms with E-state index in [9.17, 15) is 10.1 Å². The van der Waals surface area contributed by atoms with Gasteiger partial charge >= 0.3 is 0 Å². The molecular formula is C13H9BrINO3. The molecule has 0 heterocycles. The van der Waals surface area contributed by atoms with E-state index in [1.807, 2.05) is 24.3 Å². The third-order valence-corrected chi connectivity index (χ3v) is 3.95. The number of hydrogen-bond acceptors (Lipinski definition) is 3. The Labute approximate surface area is 132 Å². The SMILES string of the molecule is O=[N+]([O-])c1ccc(Oc2ccccc2I)cc1CBr. The Hall–Kier alpha value is -1.15. The van der Waals surface area contributed by atoms with Gasteiger partial charge in [-0.2, -0.15) is 0 Å². The Morgan fingerprint density at radius 2 is 2.00 bits per heavy atom.